The number of carbonyl (C=O) groups is 1. The zero-order chi connectivity index (χ0) is 22.8. The lowest BCUT2D eigenvalue weighted by Gasteiger charge is -2.35. The lowest BCUT2D eigenvalue weighted by atomic mass is 9.78. The summed E-state index contributed by atoms with van der Waals surface area (Å²) in [5, 5.41) is 3.72. The van der Waals surface area contributed by atoms with Crippen molar-refractivity contribution in [3.63, 3.8) is 0 Å². The Labute approximate surface area is 196 Å². The van der Waals surface area contributed by atoms with Gasteiger partial charge in [-0.3, -0.25) is 4.79 Å². The molecule has 0 spiro atoms. The Bertz CT molecular complexity index is 1150. The van der Waals surface area contributed by atoms with Gasteiger partial charge in [0, 0.05) is 44.0 Å². The fourth-order valence-electron chi connectivity index (χ4n) is 4.44. The van der Waals surface area contributed by atoms with Crippen LogP contribution in [0.4, 0.5) is 11.4 Å². The topological polar surface area (TPSA) is 99.9 Å². The maximum Gasteiger partial charge on any atom is 0.217 e. The Morgan fingerprint density at radius 3 is 2.91 bits per heavy atom. The number of nitrogens with two attached hydrogens (primary N) is 1. The number of benzene rings is 1. The maximum absolute atomic E-state index is 11.7. The minimum Gasteiger partial charge on any atom is -0.379 e. The highest BCUT2D eigenvalue weighted by Crippen LogP contribution is 2.37. The molecule has 4 N–H and O–H groups in total. The van der Waals surface area contributed by atoms with Crippen molar-refractivity contribution in [2.75, 3.05) is 24.3 Å². The molecule has 0 saturated heterocycles. The fraction of sp³-hybridized carbons (Fsp3) is 0.375. The molecular weight excluding hydrogens is 468 g/mol. The van der Waals surface area contributed by atoms with E-state index < -0.39 is 0 Å². The average Bonchev–Trinajstić information content (AvgIpc) is 3.21. The molecule has 7 nitrogen and oxygen atoms in total. The second-order valence-corrected chi connectivity index (χ2v) is 9.40. The summed E-state index contributed by atoms with van der Waals surface area (Å²) in [6, 6.07) is 8.31. The quantitative estimate of drug-likeness (QED) is 0.411. The van der Waals surface area contributed by atoms with Gasteiger partial charge in [-0.15, -0.1) is 0 Å². The van der Waals surface area contributed by atoms with E-state index in [9.17, 15) is 4.79 Å². The Balaban J connectivity index is 1.74. The van der Waals surface area contributed by atoms with Gasteiger partial charge < -0.3 is 20.9 Å². The van der Waals surface area contributed by atoms with Gasteiger partial charge in [-0.05, 0) is 52.7 Å². The zero-order valence-electron chi connectivity index (χ0n) is 18.6. The number of carbonyl (C=O) groups excluding carboxylic acids is 1. The monoisotopic (exact) mass is 496 g/mol. The van der Waals surface area contributed by atoms with Crippen molar-refractivity contribution in [3.05, 3.63) is 47.1 Å². The number of fused-ring (bicyclic) bond motifs is 1. The van der Waals surface area contributed by atoms with Crippen molar-refractivity contribution in [1.29, 1.82) is 0 Å². The summed E-state index contributed by atoms with van der Waals surface area (Å²) in [7, 11) is 4.04. The first-order valence-corrected chi connectivity index (χ1v) is 11.7. The first kappa shape index (κ1) is 22.3. The summed E-state index contributed by atoms with van der Waals surface area (Å²) >= 11 is 3.66. The molecule has 4 rings (SSSR count). The van der Waals surface area contributed by atoms with Crippen molar-refractivity contribution in [2.24, 2.45) is 17.6 Å². The SMILES string of the molecule is CCC1C=CCC(CC(N)=O)C1Nc1c(Br)cnc2nc(-c3cccc(N(C)C)c3)[nH]c12. The van der Waals surface area contributed by atoms with Gasteiger partial charge in [0.15, 0.2) is 5.65 Å². The van der Waals surface area contributed by atoms with E-state index in [0.29, 0.717) is 18.0 Å². The van der Waals surface area contributed by atoms with Crippen LogP contribution in [0.1, 0.15) is 26.2 Å². The van der Waals surface area contributed by atoms with Gasteiger partial charge in [0.1, 0.15) is 11.3 Å². The number of amides is 1. The van der Waals surface area contributed by atoms with Crippen LogP contribution in [0.5, 0.6) is 0 Å². The molecule has 8 heteroatoms. The van der Waals surface area contributed by atoms with Crippen LogP contribution in [0.3, 0.4) is 0 Å². The number of rotatable bonds is 7. The number of nitrogens with zero attached hydrogens (tertiary/aromatic N) is 3. The van der Waals surface area contributed by atoms with Gasteiger partial charge in [0.25, 0.3) is 0 Å². The molecule has 0 fully saturated rings. The molecule has 0 bridgehead atoms. The normalized spacial score (nSPS) is 20.4. The number of allylic oxidation sites excluding steroid dienone is 1. The van der Waals surface area contributed by atoms with Crippen LogP contribution in [0.25, 0.3) is 22.6 Å². The number of halogens is 1. The van der Waals surface area contributed by atoms with Crippen LogP contribution < -0.4 is 16.0 Å². The Hall–Kier alpha value is -2.87. The minimum absolute atomic E-state index is 0.0863. The molecule has 32 heavy (non-hydrogen) atoms. The van der Waals surface area contributed by atoms with Gasteiger partial charge >= 0.3 is 0 Å². The minimum atomic E-state index is -0.268. The van der Waals surface area contributed by atoms with E-state index in [0.717, 1.165) is 45.6 Å². The van der Waals surface area contributed by atoms with Crippen LogP contribution in [-0.4, -0.2) is 41.0 Å². The zero-order valence-corrected chi connectivity index (χ0v) is 20.2. The van der Waals surface area contributed by atoms with Crippen molar-refractivity contribution in [1.82, 2.24) is 15.0 Å². The van der Waals surface area contributed by atoms with Crippen LogP contribution in [-0.2, 0) is 4.79 Å². The predicted octanol–water partition coefficient (Wildman–Crippen LogP) is 4.71. The van der Waals surface area contributed by atoms with Crippen molar-refractivity contribution >= 4 is 44.4 Å². The number of primary amides is 1. The summed E-state index contributed by atoms with van der Waals surface area (Å²) < 4.78 is 0.851. The standard InChI is InChI=1S/C24H29BrN6O/c1-4-14-7-5-8-15(12-19(26)32)20(14)28-21-18(25)13-27-24-22(21)29-23(30-24)16-9-6-10-17(11-16)31(2)3/h5-7,9-11,13-15,20H,4,8,12H2,1-3H3,(H2,26,32)(H2,27,28,29,30). The predicted molar refractivity (Wildman–Crippen MR) is 134 cm³/mol. The highest BCUT2D eigenvalue weighted by atomic mass is 79.9. The number of pyridine rings is 1. The number of hydrogen-bond donors (Lipinski definition) is 3. The fourth-order valence-corrected chi connectivity index (χ4v) is 4.85. The molecule has 1 amide bonds. The van der Waals surface area contributed by atoms with E-state index in [1.807, 2.05) is 26.2 Å². The van der Waals surface area contributed by atoms with Crippen molar-refractivity contribution < 1.29 is 4.79 Å². The molecule has 2 heterocycles. The van der Waals surface area contributed by atoms with E-state index in [1.165, 1.54) is 0 Å². The third kappa shape index (κ3) is 4.50. The van der Waals surface area contributed by atoms with Gasteiger partial charge in [0.2, 0.25) is 5.91 Å². The molecule has 0 saturated carbocycles. The summed E-state index contributed by atoms with van der Waals surface area (Å²) in [4.78, 5) is 26.5. The first-order chi connectivity index (χ1) is 15.4. The maximum atomic E-state index is 11.7. The summed E-state index contributed by atoms with van der Waals surface area (Å²) in [6.07, 6.45) is 8.34. The summed E-state index contributed by atoms with van der Waals surface area (Å²) in [5.41, 5.74) is 10.0. The lowest BCUT2D eigenvalue weighted by Crippen LogP contribution is -2.39. The molecule has 1 aliphatic carbocycles. The molecule has 0 radical (unpaired) electrons. The lowest BCUT2D eigenvalue weighted by molar-refractivity contribution is -0.119. The van der Waals surface area contributed by atoms with Crippen LogP contribution in [0.15, 0.2) is 47.1 Å². The van der Waals surface area contributed by atoms with E-state index in [4.69, 9.17) is 10.7 Å². The molecule has 0 aliphatic heterocycles. The average molecular weight is 497 g/mol. The second-order valence-electron chi connectivity index (χ2n) is 8.55. The number of H-pyrrole nitrogens is 1. The number of anilines is 2. The highest BCUT2D eigenvalue weighted by molar-refractivity contribution is 9.10. The molecule has 2 aromatic heterocycles. The van der Waals surface area contributed by atoms with E-state index >= 15 is 0 Å². The number of aromatic amines is 1. The van der Waals surface area contributed by atoms with Gasteiger partial charge in [0.05, 0.1) is 10.2 Å². The largest absolute Gasteiger partial charge is 0.379 e. The Kier molecular flexibility index (Phi) is 6.50. The Morgan fingerprint density at radius 1 is 1.38 bits per heavy atom. The number of aromatic nitrogens is 3. The van der Waals surface area contributed by atoms with Crippen LogP contribution >= 0.6 is 15.9 Å². The molecule has 3 atom stereocenters. The Morgan fingerprint density at radius 2 is 2.19 bits per heavy atom. The van der Waals surface area contributed by atoms with Crippen molar-refractivity contribution in [3.8, 4) is 11.4 Å². The van der Waals surface area contributed by atoms with Crippen LogP contribution in [0.2, 0.25) is 0 Å². The summed E-state index contributed by atoms with van der Waals surface area (Å²) in [5.74, 6) is 0.941. The third-order valence-corrected chi connectivity index (χ3v) is 6.75. The molecule has 1 aliphatic rings. The molecule has 1 aromatic carbocycles. The van der Waals surface area contributed by atoms with E-state index in [1.54, 1.807) is 6.20 Å². The number of imidazole rings is 1. The van der Waals surface area contributed by atoms with Gasteiger partial charge in [-0.1, -0.05) is 31.2 Å². The highest BCUT2D eigenvalue weighted by Gasteiger charge is 2.31. The number of nitrogens with one attached hydrogen (secondary N) is 2. The van der Waals surface area contributed by atoms with Gasteiger partial charge in [-0.2, -0.15) is 0 Å². The van der Waals surface area contributed by atoms with E-state index in [2.05, 4.69) is 67.3 Å². The first-order valence-electron chi connectivity index (χ1n) is 10.9. The van der Waals surface area contributed by atoms with E-state index in [-0.39, 0.29) is 17.9 Å². The number of hydrogen-bond acceptors (Lipinski definition) is 5. The van der Waals surface area contributed by atoms with Crippen molar-refractivity contribution in [2.45, 2.75) is 32.2 Å². The molecule has 168 valence electrons. The molecular formula is C24H29BrN6O. The molecule has 3 aromatic rings. The smallest absolute Gasteiger partial charge is 0.217 e. The second kappa shape index (κ2) is 9.32. The molecule has 3 unspecified atom stereocenters. The summed E-state index contributed by atoms with van der Waals surface area (Å²) in [6.45, 7) is 2.17. The van der Waals surface area contributed by atoms with Gasteiger partial charge in [-0.25, -0.2) is 9.97 Å². The van der Waals surface area contributed by atoms with Crippen LogP contribution in [0, 0.1) is 11.8 Å². The third-order valence-electron chi connectivity index (χ3n) is 6.15.